The Morgan fingerprint density at radius 3 is 2.54 bits per heavy atom. The standard InChI is InChI=1S/C22H26N2O4/c1-27-18-12-10-17(11-13-18)15-24(20-9-5-6-14-23-22(20)26)21(25)16-28-19-7-3-2-4-8-19/h2-4,7-8,10-13,20H,5-6,9,14-16H2,1H3,(H,23,26). The van der Waals surface area contributed by atoms with Crippen molar-refractivity contribution in [2.24, 2.45) is 0 Å². The molecule has 3 rings (SSSR count). The summed E-state index contributed by atoms with van der Waals surface area (Å²) in [5.74, 6) is 1.08. The molecular formula is C22H26N2O4. The van der Waals surface area contributed by atoms with Crippen molar-refractivity contribution in [2.45, 2.75) is 31.8 Å². The highest BCUT2D eigenvalue weighted by Crippen LogP contribution is 2.19. The van der Waals surface area contributed by atoms with Gasteiger partial charge in [-0.3, -0.25) is 9.59 Å². The Hall–Kier alpha value is -3.02. The van der Waals surface area contributed by atoms with E-state index in [4.69, 9.17) is 9.47 Å². The lowest BCUT2D eigenvalue weighted by atomic mass is 10.1. The minimum atomic E-state index is -0.489. The Bertz CT molecular complexity index is 777. The third-order valence-corrected chi connectivity index (χ3v) is 4.82. The van der Waals surface area contributed by atoms with Crippen molar-refractivity contribution < 1.29 is 19.1 Å². The summed E-state index contributed by atoms with van der Waals surface area (Å²) in [5.41, 5.74) is 0.936. The van der Waals surface area contributed by atoms with E-state index in [9.17, 15) is 9.59 Å². The summed E-state index contributed by atoms with van der Waals surface area (Å²) >= 11 is 0. The molecule has 0 saturated carbocycles. The maximum Gasteiger partial charge on any atom is 0.261 e. The van der Waals surface area contributed by atoms with E-state index in [0.717, 1.165) is 24.2 Å². The van der Waals surface area contributed by atoms with Gasteiger partial charge in [0, 0.05) is 13.1 Å². The van der Waals surface area contributed by atoms with E-state index in [2.05, 4.69) is 5.32 Å². The molecule has 2 aromatic rings. The summed E-state index contributed by atoms with van der Waals surface area (Å²) in [6.07, 6.45) is 2.47. The Labute approximate surface area is 165 Å². The van der Waals surface area contributed by atoms with Crippen molar-refractivity contribution in [1.29, 1.82) is 0 Å². The first-order chi connectivity index (χ1) is 13.7. The van der Waals surface area contributed by atoms with Crippen LogP contribution in [-0.4, -0.2) is 43.0 Å². The monoisotopic (exact) mass is 382 g/mol. The molecule has 0 radical (unpaired) electrons. The fourth-order valence-electron chi connectivity index (χ4n) is 3.27. The predicted molar refractivity (Wildman–Crippen MR) is 106 cm³/mol. The number of nitrogens with zero attached hydrogens (tertiary/aromatic N) is 1. The van der Waals surface area contributed by atoms with Crippen molar-refractivity contribution >= 4 is 11.8 Å². The van der Waals surface area contributed by atoms with E-state index in [1.165, 1.54) is 0 Å². The number of amides is 2. The first kappa shape index (κ1) is 19.7. The van der Waals surface area contributed by atoms with Crippen LogP contribution in [0.1, 0.15) is 24.8 Å². The van der Waals surface area contributed by atoms with Crippen LogP contribution in [0, 0.1) is 0 Å². The van der Waals surface area contributed by atoms with Crippen LogP contribution in [0.3, 0.4) is 0 Å². The number of ether oxygens (including phenoxy) is 2. The van der Waals surface area contributed by atoms with Crippen LogP contribution >= 0.6 is 0 Å². The SMILES string of the molecule is COc1ccc(CN(C(=O)COc2ccccc2)C2CCCCNC2=O)cc1. The molecule has 6 heteroatoms. The van der Waals surface area contributed by atoms with Crippen molar-refractivity contribution in [2.75, 3.05) is 20.3 Å². The quantitative estimate of drug-likeness (QED) is 0.800. The number of methoxy groups -OCH3 is 1. The summed E-state index contributed by atoms with van der Waals surface area (Å²) in [4.78, 5) is 27.2. The fraction of sp³-hybridized carbons (Fsp3) is 0.364. The van der Waals surface area contributed by atoms with Crippen molar-refractivity contribution in [3.05, 3.63) is 60.2 Å². The smallest absolute Gasteiger partial charge is 0.261 e. The molecule has 148 valence electrons. The third kappa shape index (κ3) is 5.25. The maximum atomic E-state index is 13.0. The molecule has 1 aliphatic rings. The number of rotatable bonds is 7. The summed E-state index contributed by atoms with van der Waals surface area (Å²) in [5, 5.41) is 2.91. The van der Waals surface area contributed by atoms with E-state index in [0.29, 0.717) is 25.3 Å². The molecule has 0 aromatic heterocycles. The molecule has 1 heterocycles. The minimum absolute atomic E-state index is 0.0981. The molecule has 2 aromatic carbocycles. The lowest BCUT2D eigenvalue weighted by molar-refractivity contribution is -0.142. The molecule has 0 aliphatic carbocycles. The zero-order valence-electron chi connectivity index (χ0n) is 16.1. The number of nitrogens with one attached hydrogen (secondary N) is 1. The van der Waals surface area contributed by atoms with Crippen LogP contribution < -0.4 is 14.8 Å². The molecule has 2 amide bonds. The van der Waals surface area contributed by atoms with Gasteiger partial charge in [-0.15, -0.1) is 0 Å². The Morgan fingerprint density at radius 2 is 1.82 bits per heavy atom. The van der Waals surface area contributed by atoms with Gasteiger partial charge in [-0.05, 0) is 49.1 Å². The van der Waals surface area contributed by atoms with Crippen molar-refractivity contribution in [3.8, 4) is 11.5 Å². The van der Waals surface area contributed by atoms with Gasteiger partial charge in [0.15, 0.2) is 6.61 Å². The summed E-state index contributed by atoms with van der Waals surface area (Å²) in [6.45, 7) is 0.892. The Balaban J connectivity index is 1.75. The van der Waals surface area contributed by atoms with Gasteiger partial charge in [0.25, 0.3) is 5.91 Å². The van der Waals surface area contributed by atoms with E-state index >= 15 is 0 Å². The zero-order chi connectivity index (χ0) is 19.8. The van der Waals surface area contributed by atoms with Gasteiger partial charge in [-0.25, -0.2) is 0 Å². The largest absolute Gasteiger partial charge is 0.497 e. The Kier molecular flexibility index (Phi) is 6.89. The average Bonchev–Trinajstić information content (AvgIpc) is 2.95. The van der Waals surface area contributed by atoms with E-state index in [1.807, 2.05) is 42.5 Å². The van der Waals surface area contributed by atoms with E-state index in [-0.39, 0.29) is 18.4 Å². The second-order valence-corrected chi connectivity index (χ2v) is 6.77. The van der Waals surface area contributed by atoms with Gasteiger partial charge in [0.05, 0.1) is 7.11 Å². The topological polar surface area (TPSA) is 67.9 Å². The second-order valence-electron chi connectivity index (χ2n) is 6.77. The molecule has 1 atom stereocenters. The molecule has 1 fully saturated rings. The number of carbonyl (C=O) groups is 2. The van der Waals surface area contributed by atoms with Gasteiger partial charge < -0.3 is 19.7 Å². The average molecular weight is 382 g/mol. The van der Waals surface area contributed by atoms with Crippen molar-refractivity contribution in [3.63, 3.8) is 0 Å². The summed E-state index contributed by atoms with van der Waals surface area (Å²) in [7, 11) is 1.61. The molecule has 1 unspecified atom stereocenters. The first-order valence-electron chi connectivity index (χ1n) is 9.55. The summed E-state index contributed by atoms with van der Waals surface area (Å²) < 4.78 is 10.8. The van der Waals surface area contributed by atoms with Crippen LogP contribution in [0.2, 0.25) is 0 Å². The first-order valence-corrected chi connectivity index (χ1v) is 9.55. The lowest BCUT2D eigenvalue weighted by Crippen LogP contribution is -2.49. The highest BCUT2D eigenvalue weighted by Gasteiger charge is 2.31. The second kappa shape index (κ2) is 9.78. The molecule has 1 saturated heterocycles. The molecule has 1 N–H and O–H groups in total. The molecule has 6 nitrogen and oxygen atoms in total. The van der Waals surface area contributed by atoms with Gasteiger partial charge in [0.2, 0.25) is 5.91 Å². The maximum absolute atomic E-state index is 13.0. The van der Waals surface area contributed by atoms with Crippen LogP contribution in [0.15, 0.2) is 54.6 Å². The number of benzene rings is 2. The van der Waals surface area contributed by atoms with Crippen LogP contribution in [0.5, 0.6) is 11.5 Å². The van der Waals surface area contributed by atoms with Gasteiger partial charge in [-0.1, -0.05) is 30.3 Å². The summed E-state index contributed by atoms with van der Waals surface area (Å²) in [6, 6.07) is 16.2. The molecule has 0 spiro atoms. The lowest BCUT2D eigenvalue weighted by Gasteiger charge is -2.30. The highest BCUT2D eigenvalue weighted by atomic mass is 16.5. The molecule has 28 heavy (non-hydrogen) atoms. The van der Waals surface area contributed by atoms with Crippen molar-refractivity contribution in [1.82, 2.24) is 10.2 Å². The molecular weight excluding hydrogens is 356 g/mol. The number of carbonyl (C=O) groups excluding carboxylic acids is 2. The zero-order valence-corrected chi connectivity index (χ0v) is 16.1. The number of hydrogen-bond donors (Lipinski definition) is 1. The minimum Gasteiger partial charge on any atom is -0.497 e. The number of para-hydroxylation sites is 1. The van der Waals surface area contributed by atoms with E-state index < -0.39 is 6.04 Å². The van der Waals surface area contributed by atoms with Crippen LogP contribution in [-0.2, 0) is 16.1 Å². The van der Waals surface area contributed by atoms with Crippen LogP contribution in [0.25, 0.3) is 0 Å². The predicted octanol–water partition coefficient (Wildman–Crippen LogP) is 2.77. The highest BCUT2D eigenvalue weighted by molar-refractivity contribution is 5.88. The normalized spacial score (nSPS) is 16.6. The molecule has 0 bridgehead atoms. The van der Waals surface area contributed by atoms with Crippen LogP contribution in [0.4, 0.5) is 0 Å². The van der Waals surface area contributed by atoms with E-state index in [1.54, 1.807) is 24.1 Å². The van der Waals surface area contributed by atoms with Gasteiger partial charge >= 0.3 is 0 Å². The third-order valence-electron chi connectivity index (χ3n) is 4.82. The number of hydrogen-bond acceptors (Lipinski definition) is 4. The fourth-order valence-corrected chi connectivity index (χ4v) is 3.27. The van der Waals surface area contributed by atoms with Gasteiger partial charge in [-0.2, -0.15) is 0 Å². The van der Waals surface area contributed by atoms with Gasteiger partial charge in [0.1, 0.15) is 17.5 Å². The molecule has 1 aliphatic heterocycles. The Morgan fingerprint density at radius 1 is 1.07 bits per heavy atom.